The molecule has 0 spiro atoms. The van der Waals surface area contributed by atoms with E-state index in [9.17, 15) is 4.79 Å². The maximum atomic E-state index is 11.6. The fourth-order valence-corrected chi connectivity index (χ4v) is 2.29. The van der Waals surface area contributed by atoms with Gasteiger partial charge in [-0.2, -0.15) is 0 Å². The van der Waals surface area contributed by atoms with Crippen LogP contribution in [0.2, 0.25) is 0 Å². The number of rotatable bonds is 6. The van der Waals surface area contributed by atoms with Crippen molar-refractivity contribution in [3.05, 3.63) is 29.8 Å². The van der Waals surface area contributed by atoms with Gasteiger partial charge >= 0.3 is 0 Å². The maximum Gasteiger partial charge on any atom is 0.239 e. The summed E-state index contributed by atoms with van der Waals surface area (Å²) in [5.74, 6) is 1.52. The number of carbonyl (C=O) groups is 1. The molecule has 3 N–H and O–H groups in total. The van der Waals surface area contributed by atoms with E-state index in [1.165, 1.54) is 5.56 Å². The Morgan fingerprint density at radius 1 is 1.32 bits per heavy atom. The van der Waals surface area contributed by atoms with Crippen molar-refractivity contribution in [1.29, 1.82) is 0 Å². The maximum absolute atomic E-state index is 11.6. The molecule has 22 heavy (non-hydrogen) atoms. The monoisotopic (exact) mass is 304 g/mol. The van der Waals surface area contributed by atoms with E-state index in [1.54, 1.807) is 7.05 Å². The van der Waals surface area contributed by atoms with Crippen molar-refractivity contribution in [2.45, 2.75) is 25.9 Å². The number of hydrogen-bond donors (Lipinski definition) is 3. The van der Waals surface area contributed by atoms with Gasteiger partial charge in [-0.05, 0) is 18.1 Å². The topological polar surface area (TPSA) is 74.8 Å². The molecule has 120 valence electrons. The number of nitrogens with one attached hydrogen (secondary N) is 3. The summed E-state index contributed by atoms with van der Waals surface area (Å²) in [7, 11) is 1.68. The summed E-state index contributed by atoms with van der Waals surface area (Å²) in [5.41, 5.74) is 1.23. The summed E-state index contributed by atoms with van der Waals surface area (Å²) in [4.78, 5) is 15.7. The highest BCUT2D eigenvalue weighted by Crippen LogP contribution is 2.27. The second kappa shape index (κ2) is 8.26. The van der Waals surface area contributed by atoms with E-state index in [0.717, 1.165) is 18.6 Å². The average molecular weight is 304 g/mol. The van der Waals surface area contributed by atoms with Crippen LogP contribution in [0.15, 0.2) is 29.3 Å². The van der Waals surface area contributed by atoms with E-state index >= 15 is 0 Å². The molecule has 1 heterocycles. The SMILES string of the molecule is CCCNC(=O)CNC(=NC)NCC1Cc2ccccc2O1. The highest BCUT2D eigenvalue weighted by molar-refractivity contribution is 5.86. The molecule has 1 aliphatic rings. The second-order valence-electron chi connectivity index (χ2n) is 5.21. The molecule has 0 radical (unpaired) electrons. The van der Waals surface area contributed by atoms with E-state index in [-0.39, 0.29) is 18.6 Å². The molecule has 1 aliphatic heterocycles. The third kappa shape index (κ3) is 4.65. The molecule has 6 heteroatoms. The Kier molecular flexibility index (Phi) is 6.06. The lowest BCUT2D eigenvalue weighted by Crippen LogP contribution is -2.45. The van der Waals surface area contributed by atoms with Crippen molar-refractivity contribution < 1.29 is 9.53 Å². The molecule has 1 amide bonds. The van der Waals surface area contributed by atoms with Gasteiger partial charge in [0.05, 0.1) is 13.1 Å². The normalized spacial score (nSPS) is 16.6. The molecule has 0 saturated carbocycles. The lowest BCUT2D eigenvalue weighted by atomic mass is 10.1. The number of aliphatic imine (C=N–C) groups is 1. The highest BCUT2D eigenvalue weighted by atomic mass is 16.5. The number of ether oxygens (including phenoxy) is 1. The van der Waals surface area contributed by atoms with Crippen LogP contribution in [0.3, 0.4) is 0 Å². The Bertz CT molecular complexity index is 506. The van der Waals surface area contributed by atoms with Crippen LogP contribution in [0.4, 0.5) is 0 Å². The minimum absolute atomic E-state index is 0.0330. The van der Waals surface area contributed by atoms with Gasteiger partial charge in [0.25, 0.3) is 0 Å². The number of hydrogen-bond acceptors (Lipinski definition) is 3. The number of carbonyl (C=O) groups excluding carboxylic acids is 1. The average Bonchev–Trinajstić information content (AvgIpc) is 2.95. The summed E-state index contributed by atoms with van der Waals surface area (Å²) in [5, 5.41) is 9.00. The van der Waals surface area contributed by atoms with Crippen LogP contribution in [-0.2, 0) is 11.2 Å². The first-order valence-corrected chi connectivity index (χ1v) is 7.68. The van der Waals surface area contributed by atoms with Gasteiger partial charge in [0.1, 0.15) is 11.9 Å². The molecule has 2 rings (SSSR count). The smallest absolute Gasteiger partial charge is 0.239 e. The lowest BCUT2D eigenvalue weighted by molar-refractivity contribution is -0.120. The van der Waals surface area contributed by atoms with E-state index in [4.69, 9.17) is 4.74 Å². The quantitative estimate of drug-likeness (QED) is 0.534. The molecule has 1 aromatic carbocycles. The Morgan fingerprint density at radius 3 is 2.86 bits per heavy atom. The predicted octanol–water partition coefficient (Wildman–Crippen LogP) is 0.681. The Labute approximate surface area is 131 Å². The molecule has 0 bridgehead atoms. The third-order valence-electron chi connectivity index (χ3n) is 3.42. The summed E-state index contributed by atoms with van der Waals surface area (Å²) in [6.07, 6.45) is 1.90. The van der Waals surface area contributed by atoms with Crippen molar-refractivity contribution >= 4 is 11.9 Å². The van der Waals surface area contributed by atoms with E-state index in [0.29, 0.717) is 19.0 Å². The molecule has 0 aliphatic carbocycles. The van der Waals surface area contributed by atoms with Crippen molar-refractivity contribution in [3.63, 3.8) is 0 Å². The van der Waals surface area contributed by atoms with Crippen LogP contribution < -0.4 is 20.7 Å². The van der Waals surface area contributed by atoms with Crippen LogP contribution in [-0.4, -0.2) is 44.7 Å². The number of nitrogens with zero attached hydrogens (tertiary/aromatic N) is 1. The van der Waals surface area contributed by atoms with Crippen molar-refractivity contribution in [2.24, 2.45) is 4.99 Å². The van der Waals surface area contributed by atoms with Gasteiger partial charge in [0, 0.05) is 20.0 Å². The fraction of sp³-hybridized carbons (Fsp3) is 0.500. The molecule has 0 aromatic heterocycles. The summed E-state index contributed by atoms with van der Waals surface area (Å²) in [6.45, 7) is 3.57. The molecule has 0 saturated heterocycles. The fourth-order valence-electron chi connectivity index (χ4n) is 2.29. The first-order chi connectivity index (χ1) is 10.7. The van der Waals surface area contributed by atoms with E-state index in [2.05, 4.69) is 27.0 Å². The number of amides is 1. The van der Waals surface area contributed by atoms with Crippen LogP contribution in [0.1, 0.15) is 18.9 Å². The molecule has 1 atom stereocenters. The first-order valence-electron chi connectivity index (χ1n) is 7.68. The number of guanidine groups is 1. The molecule has 6 nitrogen and oxygen atoms in total. The minimum Gasteiger partial charge on any atom is -0.488 e. The zero-order valence-electron chi connectivity index (χ0n) is 13.2. The molecule has 1 unspecified atom stereocenters. The molecule has 0 fully saturated rings. The zero-order chi connectivity index (χ0) is 15.8. The third-order valence-corrected chi connectivity index (χ3v) is 3.42. The van der Waals surface area contributed by atoms with Gasteiger partial charge in [-0.15, -0.1) is 0 Å². The van der Waals surface area contributed by atoms with Crippen LogP contribution in [0.5, 0.6) is 5.75 Å². The second-order valence-corrected chi connectivity index (χ2v) is 5.21. The summed E-state index contributed by atoms with van der Waals surface area (Å²) >= 11 is 0. The summed E-state index contributed by atoms with van der Waals surface area (Å²) < 4.78 is 5.86. The minimum atomic E-state index is -0.0330. The van der Waals surface area contributed by atoms with Crippen LogP contribution in [0, 0.1) is 0 Å². The Balaban J connectivity index is 1.70. The number of benzene rings is 1. The molecular weight excluding hydrogens is 280 g/mol. The van der Waals surface area contributed by atoms with Gasteiger partial charge in [0.15, 0.2) is 5.96 Å². The Morgan fingerprint density at radius 2 is 2.14 bits per heavy atom. The predicted molar refractivity (Wildman–Crippen MR) is 87.2 cm³/mol. The summed E-state index contributed by atoms with van der Waals surface area (Å²) in [6, 6.07) is 8.07. The van der Waals surface area contributed by atoms with E-state index < -0.39 is 0 Å². The van der Waals surface area contributed by atoms with Gasteiger partial charge in [-0.25, -0.2) is 0 Å². The number of para-hydroxylation sites is 1. The van der Waals surface area contributed by atoms with Gasteiger partial charge < -0.3 is 20.7 Å². The van der Waals surface area contributed by atoms with Gasteiger partial charge in [0.2, 0.25) is 5.91 Å². The van der Waals surface area contributed by atoms with Crippen molar-refractivity contribution in [2.75, 3.05) is 26.7 Å². The van der Waals surface area contributed by atoms with Crippen LogP contribution in [0.25, 0.3) is 0 Å². The number of fused-ring (bicyclic) bond motifs is 1. The van der Waals surface area contributed by atoms with E-state index in [1.807, 2.05) is 25.1 Å². The molecule has 1 aromatic rings. The van der Waals surface area contributed by atoms with Gasteiger partial charge in [-0.1, -0.05) is 25.1 Å². The van der Waals surface area contributed by atoms with Gasteiger partial charge in [-0.3, -0.25) is 9.79 Å². The standard InChI is InChI=1S/C16H24N4O2/c1-3-8-18-15(21)11-20-16(17-2)19-10-13-9-12-6-4-5-7-14(12)22-13/h4-7,13H,3,8-11H2,1-2H3,(H,18,21)(H2,17,19,20). The zero-order valence-corrected chi connectivity index (χ0v) is 13.2. The highest BCUT2D eigenvalue weighted by Gasteiger charge is 2.22. The largest absolute Gasteiger partial charge is 0.488 e. The first kappa shape index (κ1) is 16.1. The molecular formula is C16H24N4O2. The Hall–Kier alpha value is -2.24. The lowest BCUT2D eigenvalue weighted by Gasteiger charge is -2.15. The van der Waals surface area contributed by atoms with Crippen LogP contribution >= 0.6 is 0 Å². The van der Waals surface area contributed by atoms with Crippen molar-refractivity contribution in [3.8, 4) is 5.75 Å². The van der Waals surface area contributed by atoms with Crippen molar-refractivity contribution in [1.82, 2.24) is 16.0 Å².